The average molecular weight is 270 g/mol. The Kier molecular flexibility index (Phi) is 5.16. The molecule has 0 unspecified atom stereocenters. The Morgan fingerprint density at radius 2 is 1.78 bits per heavy atom. The summed E-state index contributed by atoms with van der Waals surface area (Å²) < 4.78 is 24.9. The number of sulfonamides is 1. The minimum atomic E-state index is -3.25. The van der Waals surface area contributed by atoms with Crippen LogP contribution >= 0.6 is 0 Å². The lowest BCUT2D eigenvalue weighted by molar-refractivity contribution is 0.595. The zero-order valence-corrected chi connectivity index (χ0v) is 12.1. The van der Waals surface area contributed by atoms with Gasteiger partial charge in [0.2, 0.25) is 10.0 Å². The normalized spacial score (nSPS) is 11.8. The lowest BCUT2D eigenvalue weighted by Crippen LogP contribution is -2.31. The number of nitrogens with two attached hydrogens (primary N) is 1. The van der Waals surface area contributed by atoms with Crippen LogP contribution < -0.4 is 10.0 Å². The van der Waals surface area contributed by atoms with Crippen molar-refractivity contribution >= 4 is 15.7 Å². The summed E-state index contributed by atoms with van der Waals surface area (Å²) in [5, 5.41) is 0. The average Bonchev–Trinajstić information content (AvgIpc) is 2.28. The van der Waals surface area contributed by atoms with Gasteiger partial charge in [-0.3, -0.25) is 4.31 Å². The topological polar surface area (TPSA) is 63.4 Å². The summed E-state index contributed by atoms with van der Waals surface area (Å²) in [4.78, 5) is 0. The summed E-state index contributed by atoms with van der Waals surface area (Å²) in [6, 6.07) is 7.65. The van der Waals surface area contributed by atoms with E-state index in [1.165, 1.54) is 16.1 Å². The fourth-order valence-electron chi connectivity index (χ4n) is 1.75. The summed E-state index contributed by atoms with van der Waals surface area (Å²) in [6.07, 6.45) is 1.87. The molecule has 0 heterocycles. The summed E-state index contributed by atoms with van der Waals surface area (Å²) >= 11 is 0. The molecule has 0 radical (unpaired) electrons. The van der Waals surface area contributed by atoms with Crippen LogP contribution in [0, 0.1) is 0 Å². The molecule has 0 saturated carbocycles. The standard InChI is InChI=1S/C13H22N2O2S/c1-11(2)12-5-7-13(8-6-12)15(10-4-9-14)18(3,16)17/h5-8,11H,4,9-10,14H2,1-3H3. The van der Waals surface area contributed by atoms with Crippen LogP contribution in [0.1, 0.15) is 31.7 Å². The van der Waals surface area contributed by atoms with Crippen molar-refractivity contribution in [2.45, 2.75) is 26.2 Å². The van der Waals surface area contributed by atoms with Crippen LogP contribution in [-0.4, -0.2) is 27.8 Å². The Hall–Kier alpha value is -1.07. The van der Waals surface area contributed by atoms with E-state index in [2.05, 4.69) is 13.8 Å². The number of nitrogens with zero attached hydrogens (tertiary/aromatic N) is 1. The van der Waals surface area contributed by atoms with E-state index in [0.717, 1.165) is 0 Å². The summed E-state index contributed by atoms with van der Waals surface area (Å²) in [5.74, 6) is 0.440. The van der Waals surface area contributed by atoms with Gasteiger partial charge >= 0.3 is 0 Å². The van der Waals surface area contributed by atoms with E-state index in [1.54, 1.807) is 0 Å². The molecule has 102 valence electrons. The van der Waals surface area contributed by atoms with Crippen LogP contribution in [0.15, 0.2) is 24.3 Å². The van der Waals surface area contributed by atoms with Crippen molar-refractivity contribution in [2.75, 3.05) is 23.7 Å². The molecular weight excluding hydrogens is 248 g/mol. The number of hydrogen-bond donors (Lipinski definition) is 1. The maximum absolute atomic E-state index is 11.7. The van der Waals surface area contributed by atoms with E-state index in [0.29, 0.717) is 31.1 Å². The van der Waals surface area contributed by atoms with Crippen molar-refractivity contribution in [2.24, 2.45) is 5.73 Å². The monoisotopic (exact) mass is 270 g/mol. The van der Waals surface area contributed by atoms with Gasteiger partial charge in [-0.15, -0.1) is 0 Å². The highest BCUT2D eigenvalue weighted by Gasteiger charge is 2.16. The molecule has 0 aliphatic rings. The van der Waals surface area contributed by atoms with Crippen LogP contribution in [0.3, 0.4) is 0 Å². The van der Waals surface area contributed by atoms with Gasteiger partial charge in [-0.25, -0.2) is 8.42 Å². The third kappa shape index (κ3) is 3.99. The molecule has 0 bridgehead atoms. The molecule has 5 heteroatoms. The molecule has 0 aliphatic heterocycles. The molecule has 1 aromatic rings. The molecule has 0 fully saturated rings. The van der Waals surface area contributed by atoms with Gasteiger partial charge in [0.1, 0.15) is 0 Å². The highest BCUT2D eigenvalue weighted by atomic mass is 32.2. The maximum atomic E-state index is 11.7. The Bertz CT molecular complexity index is 466. The van der Waals surface area contributed by atoms with Crippen molar-refractivity contribution in [3.63, 3.8) is 0 Å². The first kappa shape index (κ1) is 15.0. The molecule has 2 N–H and O–H groups in total. The van der Waals surface area contributed by atoms with Crippen LogP contribution in [0.25, 0.3) is 0 Å². The van der Waals surface area contributed by atoms with E-state index in [-0.39, 0.29) is 0 Å². The zero-order valence-electron chi connectivity index (χ0n) is 11.3. The second-order valence-electron chi connectivity index (χ2n) is 4.72. The van der Waals surface area contributed by atoms with Crippen LogP contribution in [0.4, 0.5) is 5.69 Å². The molecule has 1 rings (SSSR count). The van der Waals surface area contributed by atoms with Gasteiger partial charge in [-0.05, 0) is 36.6 Å². The van der Waals surface area contributed by atoms with Gasteiger partial charge in [-0.2, -0.15) is 0 Å². The highest BCUT2D eigenvalue weighted by Crippen LogP contribution is 2.22. The van der Waals surface area contributed by atoms with E-state index < -0.39 is 10.0 Å². The van der Waals surface area contributed by atoms with Crippen molar-refractivity contribution in [1.29, 1.82) is 0 Å². The van der Waals surface area contributed by atoms with E-state index in [9.17, 15) is 8.42 Å². The molecule has 0 aliphatic carbocycles. The number of benzene rings is 1. The molecule has 0 atom stereocenters. The number of rotatable bonds is 6. The quantitative estimate of drug-likeness (QED) is 0.859. The first-order valence-corrected chi connectivity index (χ1v) is 7.99. The zero-order chi connectivity index (χ0) is 13.8. The number of anilines is 1. The van der Waals surface area contributed by atoms with Crippen molar-refractivity contribution in [3.05, 3.63) is 29.8 Å². The fraction of sp³-hybridized carbons (Fsp3) is 0.538. The SMILES string of the molecule is CC(C)c1ccc(N(CCCN)S(C)(=O)=O)cc1. The lowest BCUT2D eigenvalue weighted by atomic mass is 10.0. The second kappa shape index (κ2) is 6.20. The smallest absolute Gasteiger partial charge is 0.232 e. The Morgan fingerprint density at radius 1 is 1.22 bits per heavy atom. The second-order valence-corrected chi connectivity index (χ2v) is 6.63. The number of hydrogen-bond acceptors (Lipinski definition) is 3. The largest absolute Gasteiger partial charge is 0.330 e. The van der Waals surface area contributed by atoms with Crippen LogP contribution in [0.5, 0.6) is 0 Å². The first-order valence-electron chi connectivity index (χ1n) is 6.14. The molecule has 0 saturated heterocycles. The van der Waals surface area contributed by atoms with Crippen LogP contribution in [-0.2, 0) is 10.0 Å². The third-order valence-corrected chi connectivity index (χ3v) is 4.01. The van der Waals surface area contributed by atoms with Gasteiger partial charge < -0.3 is 5.73 Å². The Balaban J connectivity index is 2.99. The predicted molar refractivity (Wildman–Crippen MR) is 76.4 cm³/mol. The van der Waals surface area contributed by atoms with Gasteiger partial charge in [0, 0.05) is 6.54 Å². The van der Waals surface area contributed by atoms with Gasteiger partial charge in [0.15, 0.2) is 0 Å². The van der Waals surface area contributed by atoms with E-state index in [4.69, 9.17) is 5.73 Å². The molecule has 0 amide bonds. The molecule has 18 heavy (non-hydrogen) atoms. The van der Waals surface area contributed by atoms with Crippen molar-refractivity contribution in [3.8, 4) is 0 Å². The molecule has 0 aromatic heterocycles. The van der Waals surface area contributed by atoms with Crippen molar-refractivity contribution in [1.82, 2.24) is 0 Å². The summed E-state index contributed by atoms with van der Waals surface area (Å²) in [7, 11) is -3.25. The summed E-state index contributed by atoms with van der Waals surface area (Å²) in [5.41, 5.74) is 7.34. The first-order chi connectivity index (χ1) is 8.36. The van der Waals surface area contributed by atoms with Gasteiger partial charge in [0.05, 0.1) is 11.9 Å². The van der Waals surface area contributed by atoms with Gasteiger partial charge in [-0.1, -0.05) is 26.0 Å². The predicted octanol–water partition coefficient (Wildman–Crippen LogP) is 1.92. The fourth-order valence-corrected chi connectivity index (χ4v) is 2.71. The Morgan fingerprint density at radius 3 is 2.17 bits per heavy atom. The molecule has 4 nitrogen and oxygen atoms in total. The molecule has 1 aromatic carbocycles. The summed E-state index contributed by atoms with van der Waals surface area (Å²) in [6.45, 7) is 5.13. The van der Waals surface area contributed by atoms with Gasteiger partial charge in [0.25, 0.3) is 0 Å². The van der Waals surface area contributed by atoms with E-state index in [1.807, 2.05) is 24.3 Å². The molecule has 0 spiro atoms. The minimum Gasteiger partial charge on any atom is -0.330 e. The third-order valence-electron chi connectivity index (χ3n) is 2.81. The lowest BCUT2D eigenvalue weighted by Gasteiger charge is -2.22. The maximum Gasteiger partial charge on any atom is 0.232 e. The van der Waals surface area contributed by atoms with E-state index >= 15 is 0 Å². The minimum absolute atomic E-state index is 0.427. The van der Waals surface area contributed by atoms with Crippen LogP contribution in [0.2, 0.25) is 0 Å². The Labute approximate surface area is 110 Å². The van der Waals surface area contributed by atoms with Crippen molar-refractivity contribution < 1.29 is 8.42 Å². The molecular formula is C13H22N2O2S. The highest BCUT2D eigenvalue weighted by molar-refractivity contribution is 7.92.